The smallest absolute Gasteiger partial charge is 0.117 e. The number of aliphatic hydroxyl groups is 1. The normalized spacial score (nSPS) is 14.8. The van der Waals surface area contributed by atoms with Gasteiger partial charge in [0.25, 0.3) is 0 Å². The van der Waals surface area contributed by atoms with Crippen LogP contribution in [0.5, 0.6) is 0 Å². The quantitative estimate of drug-likeness (QED) is 0.551. The van der Waals surface area contributed by atoms with Crippen molar-refractivity contribution in [3.63, 3.8) is 0 Å². The molecule has 0 spiro atoms. The third-order valence-electron chi connectivity index (χ3n) is 4.71. The molecule has 0 fully saturated rings. The standard InChI is InChI=1S/C23H26N2O/c1-4-11-21(19-12-7-5-8-13-19)16-22(17-24)25(3)18(2)23(26)20-14-9-6-10-15-20/h4-10,12-16,18,21,23,26H,1,11H2,2-3H3/b22-16+/t18-,21-,23-/m0/s1. The lowest BCUT2D eigenvalue weighted by Gasteiger charge is -2.31. The van der Waals surface area contributed by atoms with Crippen molar-refractivity contribution in [1.29, 1.82) is 5.26 Å². The van der Waals surface area contributed by atoms with E-state index in [9.17, 15) is 10.4 Å². The molecule has 3 nitrogen and oxygen atoms in total. The summed E-state index contributed by atoms with van der Waals surface area (Å²) < 4.78 is 0. The van der Waals surface area contributed by atoms with Crippen molar-refractivity contribution in [3.05, 3.63) is 96.2 Å². The average Bonchev–Trinajstić information content (AvgIpc) is 2.70. The molecule has 0 aromatic heterocycles. The summed E-state index contributed by atoms with van der Waals surface area (Å²) >= 11 is 0. The second kappa shape index (κ2) is 9.60. The van der Waals surface area contributed by atoms with Gasteiger partial charge in [0.15, 0.2) is 0 Å². The first-order valence-corrected chi connectivity index (χ1v) is 8.82. The third kappa shape index (κ3) is 4.84. The van der Waals surface area contributed by atoms with Gasteiger partial charge in [-0.1, -0.05) is 66.7 Å². The predicted molar refractivity (Wildman–Crippen MR) is 106 cm³/mol. The van der Waals surface area contributed by atoms with Gasteiger partial charge in [-0.3, -0.25) is 0 Å². The molecule has 26 heavy (non-hydrogen) atoms. The molecule has 0 bridgehead atoms. The van der Waals surface area contributed by atoms with E-state index >= 15 is 0 Å². The highest BCUT2D eigenvalue weighted by molar-refractivity contribution is 5.31. The van der Waals surface area contributed by atoms with Gasteiger partial charge in [0.2, 0.25) is 0 Å². The van der Waals surface area contributed by atoms with Crippen molar-refractivity contribution in [2.45, 2.75) is 31.4 Å². The van der Waals surface area contributed by atoms with Crippen molar-refractivity contribution >= 4 is 0 Å². The summed E-state index contributed by atoms with van der Waals surface area (Å²) in [5.74, 6) is 0.0758. The van der Waals surface area contributed by atoms with Crippen LogP contribution in [0.1, 0.15) is 36.5 Å². The predicted octanol–water partition coefficient (Wildman–Crippen LogP) is 4.81. The molecule has 0 aliphatic heterocycles. The summed E-state index contributed by atoms with van der Waals surface area (Å²) in [7, 11) is 1.85. The molecular formula is C23H26N2O. The maximum atomic E-state index is 10.7. The minimum absolute atomic E-state index is 0.0758. The van der Waals surface area contributed by atoms with Crippen LogP contribution < -0.4 is 0 Å². The molecule has 3 atom stereocenters. The van der Waals surface area contributed by atoms with Crippen LogP contribution in [-0.2, 0) is 0 Å². The van der Waals surface area contributed by atoms with Crippen LogP contribution in [0, 0.1) is 11.3 Å². The molecule has 0 saturated heterocycles. The van der Waals surface area contributed by atoms with E-state index in [4.69, 9.17) is 0 Å². The summed E-state index contributed by atoms with van der Waals surface area (Å²) in [5, 5.41) is 20.4. The Kier molecular flexibility index (Phi) is 7.20. The first kappa shape index (κ1) is 19.5. The van der Waals surface area contributed by atoms with Gasteiger partial charge in [-0.2, -0.15) is 5.26 Å². The second-order valence-corrected chi connectivity index (χ2v) is 6.41. The van der Waals surface area contributed by atoms with Crippen LogP contribution >= 0.6 is 0 Å². The number of nitriles is 1. The van der Waals surface area contributed by atoms with Crippen LogP contribution in [0.25, 0.3) is 0 Å². The molecule has 2 rings (SSSR count). The average molecular weight is 346 g/mol. The number of benzene rings is 2. The Balaban J connectivity index is 2.25. The van der Waals surface area contributed by atoms with E-state index in [1.807, 2.05) is 79.6 Å². The van der Waals surface area contributed by atoms with Gasteiger partial charge in [0.1, 0.15) is 11.8 Å². The van der Waals surface area contributed by atoms with E-state index in [1.54, 1.807) is 0 Å². The van der Waals surface area contributed by atoms with Crippen LogP contribution in [0.4, 0.5) is 0 Å². The van der Waals surface area contributed by atoms with Crippen LogP contribution in [0.15, 0.2) is 85.1 Å². The van der Waals surface area contributed by atoms with E-state index in [1.165, 1.54) is 0 Å². The number of likely N-dealkylation sites (N-methyl/N-ethyl adjacent to an activating group) is 1. The van der Waals surface area contributed by atoms with Gasteiger partial charge >= 0.3 is 0 Å². The molecule has 2 aromatic carbocycles. The zero-order valence-corrected chi connectivity index (χ0v) is 15.4. The van der Waals surface area contributed by atoms with Gasteiger partial charge in [0, 0.05) is 13.0 Å². The monoisotopic (exact) mass is 346 g/mol. The van der Waals surface area contributed by atoms with E-state index in [-0.39, 0.29) is 12.0 Å². The molecule has 0 saturated carbocycles. The van der Waals surface area contributed by atoms with Crippen LogP contribution in [0.3, 0.4) is 0 Å². The minimum Gasteiger partial charge on any atom is -0.386 e. The Hall–Kier alpha value is -2.83. The number of rotatable bonds is 8. The SMILES string of the molecule is C=CC[C@@H](/C=C(\C#N)N(C)[C@@H](C)[C@H](O)c1ccccc1)c1ccccc1. The highest BCUT2D eigenvalue weighted by Gasteiger charge is 2.23. The molecule has 134 valence electrons. The molecule has 3 heteroatoms. The van der Waals surface area contributed by atoms with Crippen LogP contribution in [-0.4, -0.2) is 23.1 Å². The van der Waals surface area contributed by atoms with Gasteiger partial charge in [-0.25, -0.2) is 0 Å². The summed E-state index contributed by atoms with van der Waals surface area (Å²) in [4.78, 5) is 1.84. The fraction of sp³-hybridized carbons (Fsp3) is 0.261. The Morgan fingerprint density at radius 3 is 2.15 bits per heavy atom. The molecule has 0 radical (unpaired) electrons. The van der Waals surface area contributed by atoms with Gasteiger partial charge in [-0.05, 0) is 30.5 Å². The first-order valence-electron chi connectivity index (χ1n) is 8.82. The van der Waals surface area contributed by atoms with Crippen LogP contribution in [0.2, 0.25) is 0 Å². The van der Waals surface area contributed by atoms with Gasteiger partial charge in [0.05, 0.1) is 12.1 Å². The summed E-state index contributed by atoms with van der Waals surface area (Å²) in [6.07, 6.45) is 3.91. The molecule has 0 aliphatic rings. The molecular weight excluding hydrogens is 320 g/mol. The maximum absolute atomic E-state index is 10.7. The van der Waals surface area contributed by atoms with Crippen molar-refractivity contribution in [1.82, 2.24) is 4.90 Å². The number of nitrogens with zero attached hydrogens (tertiary/aromatic N) is 2. The highest BCUT2D eigenvalue weighted by atomic mass is 16.3. The van der Waals surface area contributed by atoms with E-state index in [2.05, 4.69) is 24.8 Å². The summed E-state index contributed by atoms with van der Waals surface area (Å²) in [5.41, 5.74) is 2.53. The maximum Gasteiger partial charge on any atom is 0.117 e. The fourth-order valence-electron chi connectivity index (χ4n) is 2.96. The van der Waals surface area contributed by atoms with E-state index in [0.717, 1.165) is 17.5 Å². The lowest BCUT2D eigenvalue weighted by Crippen LogP contribution is -2.33. The largest absolute Gasteiger partial charge is 0.386 e. The molecule has 0 aliphatic carbocycles. The van der Waals surface area contributed by atoms with Gasteiger partial charge in [-0.15, -0.1) is 6.58 Å². The lowest BCUT2D eigenvalue weighted by atomic mass is 9.94. The van der Waals surface area contributed by atoms with Gasteiger partial charge < -0.3 is 10.0 Å². The van der Waals surface area contributed by atoms with E-state index < -0.39 is 6.10 Å². The topological polar surface area (TPSA) is 47.3 Å². The van der Waals surface area contributed by atoms with E-state index in [0.29, 0.717) is 5.70 Å². The molecule has 1 N–H and O–H groups in total. The summed E-state index contributed by atoms with van der Waals surface area (Å²) in [6.45, 7) is 5.77. The molecule has 0 amide bonds. The summed E-state index contributed by atoms with van der Waals surface area (Å²) in [6, 6.07) is 21.7. The zero-order chi connectivity index (χ0) is 18.9. The minimum atomic E-state index is -0.674. The Morgan fingerprint density at radius 2 is 1.65 bits per heavy atom. The van der Waals surface area contributed by atoms with Crippen molar-refractivity contribution < 1.29 is 5.11 Å². The Morgan fingerprint density at radius 1 is 1.12 bits per heavy atom. The second-order valence-electron chi connectivity index (χ2n) is 6.41. The number of hydrogen-bond donors (Lipinski definition) is 1. The first-order chi connectivity index (χ1) is 12.6. The third-order valence-corrected chi connectivity index (χ3v) is 4.71. The molecule has 2 aromatic rings. The lowest BCUT2D eigenvalue weighted by molar-refractivity contribution is 0.0911. The van der Waals surface area contributed by atoms with Crippen molar-refractivity contribution in [2.24, 2.45) is 0 Å². The fourth-order valence-corrected chi connectivity index (χ4v) is 2.96. The Labute approximate surface area is 156 Å². The number of hydrogen-bond acceptors (Lipinski definition) is 3. The van der Waals surface area contributed by atoms with Crippen molar-refractivity contribution in [2.75, 3.05) is 7.05 Å². The highest BCUT2D eigenvalue weighted by Crippen LogP contribution is 2.27. The molecule has 0 unspecified atom stereocenters. The zero-order valence-electron chi connectivity index (χ0n) is 15.4. The number of aliphatic hydroxyl groups excluding tert-OH is 1. The van der Waals surface area contributed by atoms with Crippen molar-refractivity contribution in [3.8, 4) is 6.07 Å². The molecule has 0 heterocycles. The Bertz CT molecular complexity index is 762. The number of allylic oxidation sites excluding steroid dienone is 3.